The van der Waals surface area contributed by atoms with Gasteiger partial charge in [0.15, 0.2) is 0 Å². The van der Waals surface area contributed by atoms with Crippen molar-refractivity contribution < 1.29 is 4.74 Å². The second-order valence-electron chi connectivity index (χ2n) is 5.85. The van der Waals surface area contributed by atoms with Gasteiger partial charge in [-0.05, 0) is 34.2 Å². The van der Waals surface area contributed by atoms with E-state index in [1.807, 2.05) is 18.7 Å². The van der Waals surface area contributed by atoms with Crippen LogP contribution in [0.4, 0.5) is 0 Å². The van der Waals surface area contributed by atoms with Gasteiger partial charge in [-0.25, -0.2) is 0 Å². The summed E-state index contributed by atoms with van der Waals surface area (Å²) in [6.07, 6.45) is 0.820. The number of aryl methyl sites for hydroxylation is 2. The molecule has 0 aliphatic heterocycles. The van der Waals surface area contributed by atoms with E-state index in [2.05, 4.69) is 38.1 Å². The zero-order chi connectivity index (χ0) is 14.6. The molecule has 1 aromatic heterocycles. The molecule has 1 atom stereocenters. The van der Waals surface area contributed by atoms with Crippen molar-refractivity contribution in [3.05, 3.63) is 16.4 Å². The average molecular weight is 288 g/mol. The maximum atomic E-state index is 6.30. The number of nitrogens with zero attached hydrogens (tertiary/aromatic N) is 2. The van der Waals surface area contributed by atoms with Crippen molar-refractivity contribution in [2.75, 3.05) is 13.2 Å². The fourth-order valence-electron chi connectivity index (χ4n) is 1.96. The van der Waals surface area contributed by atoms with E-state index in [4.69, 9.17) is 16.3 Å². The molecule has 110 valence electrons. The molecule has 0 spiro atoms. The summed E-state index contributed by atoms with van der Waals surface area (Å²) in [5, 5.41) is 8.56. The second-order valence-corrected chi connectivity index (χ2v) is 6.23. The molecule has 0 radical (unpaired) electrons. The van der Waals surface area contributed by atoms with Crippen molar-refractivity contribution in [1.82, 2.24) is 15.1 Å². The molecule has 1 N–H and O–H groups in total. The van der Waals surface area contributed by atoms with E-state index in [0.29, 0.717) is 6.61 Å². The molecule has 1 aromatic rings. The minimum absolute atomic E-state index is 0.125. The van der Waals surface area contributed by atoms with Gasteiger partial charge in [0.25, 0.3) is 0 Å². The number of hydrogen-bond donors (Lipinski definition) is 1. The lowest BCUT2D eigenvalue weighted by Gasteiger charge is -2.25. The maximum Gasteiger partial charge on any atom is 0.0847 e. The van der Waals surface area contributed by atoms with E-state index in [9.17, 15) is 0 Å². The molecule has 5 heteroatoms. The zero-order valence-corrected chi connectivity index (χ0v) is 13.6. The SMILES string of the molecule is CCNC(COC(C)(C)C)Cc1c(Cl)c(C)nn1C. The summed E-state index contributed by atoms with van der Waals surface area (Å²) in [6.45, 7) is 11.8. The summed E-state index contributed by atoms with van der Waals surface area (Å²) in [5.74, 6) is 0. The van der Waals surface area contributed by atoms with E-state index >= 15 is 0 Å². The van der Waals surface area contributed by atoms with Gasteiger partial charge in [-0.15, -0.1) is 0 Å². The lowest BCUT2D eigenvalue weighted by atomic mass is 10.1. The Hall–Kier alpha value is -0.580. The van der Waals surface area contributed by atoms with Crippen LogP contribution >= 0.6 is 11.6 Å². The highest BCUT2D eigenvalue weighted by Gasteiger charge is 2.19. The molecule has 0 saturated heterocycles. The van der Waals surface area contributed by atoms with Crippen molar-refractivity contribution in [2.24, 2.45) is 7.05 Å². The fraction of sp³-hybridized carbons (Fsp3) is 0.786. The molecule has 0 saturated carbocycles. The van der Waals surface area contributed by atoms with Crippen LogP contribution in [-0.4, -0.2) is 34.6 Å². The third-order valence-electron chi connectivity index (χ3n) is 2.91. The van der Waals surface area contributed by atoms with Gasteiger partial charge in [-0.2, -0.15) is 5.10 Å². The molecule has 19 heavy (non-hydrogen) atoms. The van der Waals surface area contributed by atoms with Crippen LogP contribution in [0.5, 0.6) is 0 Å². The molecular formula is C14H26ClN3O. The smallest absolute Gasteiger partial charge is 0.0847 e. The number of hydrogen-bond acceptors (Lipinski definition) is 3. The molecule has 0 aliphatic carbocycles. The summed E-state index contributed by atoms with van der Waals surface area (Å²) in [4.78, 5) is 0. The van der Waals surface area contributed by atoms with Crippen LogP contribution in [0.1, 0.15) is 39.1 Å². The first kappa shape index (κ1) is 16.5. The molecule has 1 heterocycles. The Balaban J connectivity index is 2.72. The van der Waals surface area contributed by atoms with E-state index < -0.39 is 0 Å². The summed E-state index contributed by atoms with van der Waals surface area (Å²) in [7, 11) is 1.93. The standard InChI is InChI=1S/C14H26ClN3O/c1-7-16-11(9-19-14(3,4)5)8-12-13(15)10(2)17-18(12)6/h11,16H,7-9H2,1-6H3. The molecule has 0 bridgehead atoms. The molecule has 0 aliphatic rings. The van der Waals surface area contributed by atoms with E-state index in [0.717, 1.165) is 29.4 Å². The average Bonchev–Trinajstić information content (AvgIpc) is 2.52. The normalized spacial score (nSPS) is 13.8. The van der Waals surface area contributed by atoms with Crippen LogP contribution in [0, 0.1) is 6.92 Å². The molecule has 0 aromatic carbocycles. The van der Waals surface area contributed by atoms with Gasteiger partial charge in [0, 0.05) is 19.5 Å². The Morgan fingerprint density at radius 2 is 2.05 bits per heavy atom. The van der Waals surface area contributed by atoms with Crippen molar-refractivity contribution in [3.63, 3.8) is 0 Å². The number of rotatable bonds is 6. The topological polar surface area (TPSA) is 39.1 Å². The Bertz CT molecular complexity index is 410. The first-order chi connectivity index (χ1) is 8.74. The quantitative estimate of drug-likeness (QED) is 0.874. The molecule has 4 nitrogen and oxygen atoms in total. The number of likely N-dealkylation sites (N-methyl/N-ethyl adjacent to an activating group) is 1. The predicted octanol–water partition coefficient (Wildman–Crippen LogP) is 2.72. The minimum atomic E-state index is -0.125. The molecule has 1 unspecified atom stereocenters. The Kier molecular flexibility index (Phi) is 5.83. The van der Waals surface area contributed by atoms with Gasteiger partial charge < -0.3 is 10.1 Å². The summed E-state index contributed by atoms with van der Waals surface area (Å²) >= 11 is 6.30. The van der Waals surface area contributed by atoms with Crippen molar-refractivity contribution in [3.8, 4) is 0 Å². The monoisotopic (exact) mass is 287 g/mol. The lowest BCUT2D eigenvalue weighted by molar-refractivity contribution is -0.0143. The first-order valence-electron chi connectivity index (χ1n) is 6.80. The predicted molar refractivity (Wildman–Crippen MR) is 79.8 cm³/mol. The van der Waals surface area contributed by atoms with Gasteiger partial charge >= 0.3 is 0 Å². The maximum absolute atomic E-state index is 6.30. The summed E-state index contributed by atoms with van der Waals surface area (Å²) in [6, 6.07) is 0.247. The molecule has 1 rings (SSSR count). The van der Waals surface area contributed by atoms with E-state index in [-0.39, 0.29) is 11.6 Å². The van der Waals surface area contributed by atoms with Crippen molar-refractivity contribution in [1.29, 1.82) is 0 Å². The number of ether oxygens (including phenoxy) is 1. The molecular weight excluding hydrogens is 262 g/mol. The molecule has 0 amide bonds. The second kappa shape index (κ2) is 6.73. The van der Waals surface area contributed by atoms with Gasteiger partial charge in [0.1, 0.15) is 0 Å². The van der Waals surface area contributed by atoms with Crippen LogP contribution < -0.4 is 5.32 Å². The van der Waals surface area contributed by atoms with Gasteiger partial charge in [-0.3, -0.25) is 4.68 Å². The number of nitrogens with one attached hydrogen (secondary N) is 1. The van der Waals surface area contributed by atoms with Crippen molar-refractivity contribution in [2.45, 2.75) is 52.7 Å². The van der Waals surface area contributed by atoms with E-state index in [1.165, 1.54) is 0 Å². The highest BCUT2D eigenvalue weighted by molar-refractivity contribution is 6.31. The van der Waals surface area contributed by atoms with Crippen LogP contribution in [0.15, 0.2) is 0 Å². The summed E-state index contributed by atoms with van der Waals surface area (Å²) in [5.41, 5.74) is 1.81. The Morgan fingerprint density at radius 1 is 1.42 bits per heavy atom. The van der Waals surface area contributed by atoms with Gasteiger partial charge in [0.2, 0.25) is 0 Å². The summed E-state index contributed by atoms with van der Waals surface area (Å²) < 4.78 is 7.73. The third-order valence-corrected chi connectivity index (χ3v) is 3.40. The first-order valence-corrected chi connectivity index (χ1v) is 7.17. The van der Waals surface area contributed by atoms with Crippen LogP contribution in [0.3, 0.4) is 0 Å². The highest BCUT2D eigenvalue weighted by Crippen LogP contribution is 2.21. The number of halogens is 1. The zero-order valence-electron chi connectivity index (χ0n) is 12.9. The van der Waals surface area contributed by atoms with E-state index in [1.54, 1.807) is 0 Å². The molecule has 0 fully saturated rings. The van der Waals surface area contributed by atoms with Gasteiger partial charge in [0.05, 0.1) is 28.6 Å². The Morgan fingerprint density at radius 3 is 2.47 bits per heavy atom. The third kappa shape index (κ3) is 5.13. The highest BCUT2D eigenvalue weighted by atomic mass is 35.5. The number of aromatic nitrogens is 2. The fourth-order valence-corrected chi connectivity index (χ4v) is 2.20. The van der Waals surface area contributed by atoms with Crippen LogP contribution in [0.25, 0.3) is 0 Å². The van der Waals surface area contributed by atoms with Crippen LogP contribution in [-0.2, 0) is 18.2 Å². The van der Waals surface area contributed by atoms with Crippen LogP contribution in [0.2, 0.25) is 5.02 Å². The van der Waals surface area contributed by atoms with Gasteiger partial charge in [-0.1, -0.05) is 18.5 Å². The Labute approximate surface area is 121 Å². The minimum Gasteiger partial charge on any atom is -0.374 e. The lowest BCUT2D eigenvalue weighted by Crippen LogP contribution is -2.38. The van der Waals surface area contributed by atoms with Crippen molar-refractivity contribution >= 4 is 11.6 Å². The largest absolute Gasteiger partial charge is 0.374 e.